The molecule has 1 aliphatic rings. The number of ketones is 1. The smallest absolute Gasteiger partial charge is 0.224 e. The van der Waals surface area contributed by atoms with Crippen molar-refractivity contribution in [3.8, 4) is 0 Å². The first-order valence-corrected chi connectivity index (χ1v) is 7.95. The molecule has 112 valence electrons. The Balaban J connectivity index is 1.67. The van der Waals surface area contributed by atoms with E-state index < -0.39 is 0 Å². The Labute approximate surface area is 131 Å². The molecule has 22 heavy (non-hydrogen) atoms. The Morgan fingerprint density at radius 3 is 2.68 bits per heavy atom. The van der Waals surface area contributed by atoms with Crippen molar-refractivity contribution in [2.45, 2.75) is 17.7 Å². The molecule has 0 radical (unpaired) electrons. The number of benzene rings is 2. The number of carbonyl (C=O) groups excluding carboxylic acids is 2. The van der Waals surface area contributed by atoms with E-state index in [9.17, 15) is 14.0 Å². The van der Waals surface area contributed by atoms with E-state index in [0.29, 0.717) is 24.2 Å². The minimum absolute atomic E-state index is 0.0124. The summed E-state index contributed by atoms with van der Waals surface area (Å²) in [6, 6.07) is 11.5. The van der Waals surface area contributed by atoms with E-state index in [0.717, 1.165) is 16.1 Å². The van der Waals surface area contributed by atoms with Gasteiger partial charge in [0.05, 0.1) is 5.75 Å². The second-order valence-corrected chi connectivity index (χ2v) is 6.13. The number of rotatable bonds is 4. The minimum atomic E-state index is -0.285. The van der Waals surface area contributed by atoms with Crippen molar-refractivity contribution in [3.05, 3.63) is 59.4 Å². The van der Waals surface area contributed by atoms with Crippen LogP contribution < -0.4 is 5.32 Å². The monoisotopic (exact) mass is 315 g/mol. The zero-order valence-corrected chi connectivity index (χ0v) is 12.6. The summed E-state index contributed by atoms with van der Waals surface area (Å²) in [5.41, 5.74) is 2.43. The topological polar surface area (TPSA) is 46.2 Å². The molecule has 3 rings (SSSR count). The SMILES string of the molecule is O=C1CCc2cc(C(=O)CSc3ccc(F)cc3)ccc2N1. The van der Waals surface area contributed by atoms with Gasteiger partial charge in [0.15, 0.2) is 5.78 Å². The average Bonchev–Trinajstić information content (AvgIpc) is 2.53. The number of carbonyl (C=O) groups is 2. The number of thioether (sulfide) groups is 1. The van der Waals surface area contributed by atoms with Crippen LogP contribution in [0.4, 0.5) is 10.1 Å². The summed E-state index contributed by atoms with van der Waals surface area (Å²) in [7, 11) is 0. The molecule has 0 bridgehead atoms. The van der Waals surface area contributed by atoms with E-state index >= 15 is 0 Å². The predicted octanol–water partition coefficient (Wildman–Crippen LogP) is 3.69. The average molecular weight is 315 g/mol. The maximum Gasteiger partial charge on any atom is 0.224 e. The highest BCUT2D eigenvalue weighted by atomic mass is 32.2. The Kier molecular flexibility index (Phi) is 4.24. The molecule has 2 aromatic rings. The summed E-state index contributed by atoms with van der Waals surface area (Å²) in [4.78, 5) is 24.4. The molecular formula is C17H14FNO2S. The molecule has 0 saturated carbocycles. The van der Waals surface area contributed by atoms with Gasteiger partial charge in [-0.2, -0.15) is 0 Å². The highest BCUT2D eigenvalue weighted by molar-refractivity contribution is 8.00. The van der Waals surface area contributed by atoms with E-state index in [2.05, 4.69) is 5.32 Å². The zero-order chi connectivity index (χ0) is 15.5. The van der Waals surface area contributed by atoms with Crippen LogP contribution in [0.5, 0.6) is 0 Å². The van der Waals surface area contributed by atoms with E-state index in [1.165, 1.54) is 23.9 Å². The van der Waals surface area contributed by atoms with E-state index in [4.69, 9.17) is 0 Å². The molecule has 2 aromatic carbocycles. The zero-order valence-electron chi connectivity index (χ0n) is 11.8. The number of anilines is 1. The summed E-state index contributed by atoms with van der Waals surface area (Å²) in [5.74, 6) is 0.0522. The second-order valence-electron chi connectivity index (χ2n) is 5.09. The van der Waals surface area contributed by atoms with Crippen molar-refractivity contribution in [1.29, 1.82) is 0 Å². The maximum absolute atomic E-state index is 12.8. The quantitative estimate of drug-likeness (QED) is 0.691. The van der Waals surface area contributed by atoms with Crippen LogP contribution in [0, 0.1) is 5.82 Å². The Morgan fingerprint density at radius 2 is 1.91 bits per heavy atom. The Hall–Kier alpha value is -2.14. The fourth-order valence-corrected chi connectivity index (χ4v) is 3.11. The van der Waals surface area contributed by atoms with Crippen LogP contribution in [0.15, 0.2) is 47.4 Å². The van der Waals surface area contributed by atoms with Crippen LogP contribution in [-0.4, -0.2) is 17.4 Å². The highest BCUT2D eigenvalue weighted by Gasteiger charge is 2.16. The molecule has 1 heterocycles. The fraction of sp³-hybridized carbons (Fsp3) is 0.176. The van der Waals surface area contributed by atoms with Crippen LogP contribution in [0.3, 0.4) is 0 Å². The molecule has 1 amide bonds. The summed E-state index contributed by atoms with van der Waals surface area (Å²) >= 11 is 1.38. The minimum Gasteiger partial charge on any atom is -0.326 e. The van der Waals surface area contributed by atoms with Gasteiger partial charge < -0.3 is 5.32 Å². The molecule has 1 N–H and O–H groups in total. The third-order valence-electron chi connectivity index (χ3n) is 3.51. The van der Waals surface area contributed by atoms with Gasteiger partial charge in [0.25, 0.3) is 0 Å². The number of fused-ring (bicyclic) bond motifs is 1. The number of halogens is 1. The number of nitrogens with one attached hydrogen (secondary N) is 1. The molecule has 0 unspecified atom stereocenters. The lowest BCUT2D eigenvalue weighted by molar-refractivity contribution is -0.116. The van der Waals surface area contributed by atoms with Crippen LogP contribution in [0.2, 0.25) is 0 Å². The molecule has 1 aliphatic heterocycles. The van der Waals surface area contributed by atoms with E-state index in [-0.39, 0.29) is 17.5 Å². The fourth-order valence-electron chi connectivity index (χ4n) is 2.32. The first kappa shape index (κ1) is 14.8. The van der Waals surface area contributed by atoms with Crippen molar-refractivity contribution in [2.24, 2.45) is 0 Å². The molecule has 0 atom stereocenters. The van der Waals surface area contributed by atoms with Crippen molar-refractivity contribution in [1.82, 2.24) is 0 Å². The summed E-state index contributed by atoms with van der Waals surface area (Å²) < 4.78 is 12.8. The first-order chi connectivity index (χ1) is 10.6. The van der Waals surface area contributed by atoms with Crippen molar-refractivity contribution in [2.75, 3.05) is 11.1 Å². The molecule has 0 aromatic heterocycles. The van der Waals surface area contributed by atoms with Crippen LogP contribution in [0.25, 0.3) is 0 Å². The van der Waals surface area contributed by atoms with Gasteiger partial charge in [-0.3, -0.25) is 9.59 Å². The number of hydrogen-bond acceptors (Lipinski definition) is 3. The first-order valence-electron chi connectivity index (χ1n) is 6.96. The predicted molar refractivity (Wildman–Crippen MR) is 84.8 cm³/mol. The molecule has 0 aliphatic carbocycles. The summed E-state index contributed by atoms with van der Waals surface area (Å²) in [6.07, 6.45) is 1.11. The van der Waals surface area contributed by atoms with Gasteiger partial charge in [-0.15, -0.1) is 11.8 Å². The van der Waals surface area contributed by atoms with E-state index in [1.807, 2.05) is 6.07 Å². The number of hydrogen-bond donors (Lipinski definition) is 1. The molecule has 0 saturated heterocycles. The van der Waals surface area contributed by atoms with Gasteiger partial charge in [-0.1, -0.05) is 0 Å². The second kappa shape index (κ2) is 6.32. The lowest BCUT2D eigenvalue weighted by Crippen LogP contribution is -2.19. The largest absolute Gasteiger partial charge is 0.326 e. The van der Waals surface area contributed by atoms with Gasteiger partial charge in [-0.05, 0) is 54.4 Å². The molecule has 5 heteroatoms. The summed E-state index contributed by atoms with van der Waals surface area (Å²) in [5, 5.41) is 2.80. The van der Waals surface area contributed by atoms with Crippen molar-refractivity contribution < 1.29 is 14.0 Å². The Bertz CT molecular complexity index is 728. The van der Waals surface area contributed by atoms with Crippen LogP contribution >= 0.6 is 11.8 Å². The third kappa shape index (κ3) is 3.36. The molecule has 3 nitrogen and oxygen atoms in total. The Morgan fingerprint density at radius 1 is 1.14 bits per heavy atom. The van der Waals surface area contributed by atoms with Gasteiger partial charge in [0.2, 0.25) is 5.91 Å². The molecular weight excluding hydrogens is 301 g/mol. The highest BCUT2D eigenvalue weighted by Crippen LogP contribution is 2.25. The van der Waals surface area contributed by atoms with E-state index in [1.54, 1.807) is 24.3 Å². The van der Waals surface area contributed by atoms with Crippen LogP contribution in [-0.2, 0) is 11.2 Å². The van der Waals surface area contributed by atoms with Gasteiger partial charge in [-0.25, -0.2) is 4.39 Å². The molecule has 0 spiro atoms. The lowest BCUT2D eigenvalue weighted by Gasteiger charge is -2.17. The van der Waals surface area contributed by atoms with Crippen molar-refractivity contribution >= 4 is 29.1 Å². The number of amides is 1. The lowest BCUT2D eigenvalue weighted by atomic mass is 9.99. The van der Waals surface area contributed by atoms with Crippen LogP contribution in [0.1, 0.15) is 22.3 Å². The number of Topliss-reactive ketones (excluding diaryl/α,β-unsaturated/α-hetero) is 1. The standard InChI is InChI=1S/C17H14FNO2S/c18-13-3-5-14(6-4-13)22-10-16(20)12-1-7-15-11(9-12)2-8-17(21)19-15/h1,3-7,9H,2,8,10H2,(H,19,21). The normalized spacial score (nSPS) is 13.4. The van der Waals surface area contributed by atoms with Gasteiger partial charge in [0, 0.05) is 22.6 Å². The maximum atomic E-state index is 12.8. The number of aryl methyl sites for hydroxylation is 1. The molecule has 0 fully saturated rings. The van der Waals surface area contributed by atoms with Crippen molar-refractivity contribution in [3.63, 3.8) is 0 Å². The van der Waals surface area contributed by atoms with Gasteiger partial charge >= 0.3 is 0 Å². The third-order valence-corrected chi connectivity index (χ3v) is 4.52. The summed E-state index contributed by atoms with van der Waals surface area (Å²) in [6.45, 7) is 0. The van der Waals surface area contributed by atoms with Gasteiger partial charge in [0.1, 0.15) is 5.82 Å².